The van der Waals surface area contributed by atoms with Gasteiger partial charge >= 0.3 is 5.97 Å². The molecule has 1 aromatic rings. The van der Waals surface area contributed by atoms with Crippen molar-refractivity contribution in [2.75, 3.05) is 0 Å². The van der Waals surface area contributed by atoms with Crippen LogP contribution in [0, 0.1) is 0 Å². The summed E-state index contributed by atoms with van der Waals surface area (Å²) >= 11 is 0. The summed E-state index contributed by atoms with van der Waals surface area (Å²) in [6.45, 7) is 3.72. The number of aliphatic carboxylic acids is 1. The predicted molar refractivity (Wildman–Crippen MR) is 67.1 cm³/mol. The molecule has 2 N–H and O–H groups in total. The van der Waals surface area contributed by atoms with E-state index >= 15 is 0 Å². The maximum Gasteiger partial charge on any atom is 0.329 e. The minimum absolute atomic E-state index is 0.0420. The fraction of sp³-hybridized carbons (Fsp3) is 0.462. The highest BCUT2D eigenvalue weighted by Gasteiger charge is 2.51. The number of nitrogens with one attached hydrogen (secondary N) is 1. The van der Waals surface area contributed by atoms with E-state index in [0.717, 1.165) is 0 Å². The second-order valence-electron chi connectivity index (χ2n) is 4.87. The molecule has 0 spiro atoms. The molecule has 6 nitrogen and oxygen atoms in total. The van der Waals surface area contributed by atoms with Crippen molar-refractivity contribution >= 4 is 11.9 Å². The van der Waals surface area contributed by atoms with E-state index in [4.69, 9.17) is 9.84 Å². The van der Waals surface area contributed by atoms with Gasteiger partial charge in [0.25, 0.3) is 5.91 Å². The maximum atomic E-state index is 12.0. The van der Waals surface area contributed by atoms with Crippen molar-refractivity contribution in [3.8, 4) is 5.88 Å². The molecule has 1 aliphatic carbocycles. The summed E-state index contributed by atoms with van der Waals surface area (Å²) < 4.78 is 5.39. The van der Waals surface area contributed by atoms with Crippen LogP contribution in [0.2, 0.25) is 0 Å². The topological polar surface area (TPSA) is 88.5 Å². The van der Waals surface area contributed by atoms with Gasteiger partial charge in [-0.25, -0.2) is 9.78 Å². The van der Waals surface area contributed by atoms with Gasteiger partial charge in [-0.05, 0) is 32.8 Å². The second-order valence-corrected chi connectivity index (χ2v) is 4.87. The molecule has 6 heteroatoms. The molecule has 0 unspecified atom stereocenters. The number of pyridine rings is 1. The van der Waals surface area contributed by atoms with Crippen molar-refractivity contribution in [2.45, 2.75) is 38.3 Å². The molecule has 1 amide bonds. The van der Waals surface area contributed by atoms with Crippen molar-refractivity contribution in [2.24, 2.45) is 0 Å². The summed E-state index contributed by atoms with van der Waals surface area (Å²) in [4.78, 5) is 27.0. The van der Waals surface area contributed by atoms with Crippen molar-refractivity contribution in [1.82, 2.24) is 10.3 Å². The zero-order valence-electron chi connectivity index (χ0n) is 10.8. The number of rotatable bonds is 5. The maximum absolute atomic E-state index is 12.0. The standard InChI is InChI=1S/C13H16N2O4/c1-8(2)19-10-5-3-4-9(14-10)11(16)15-13(6-7-13)12(17)18/h3-5,8H,6-7H2,1-2H3,(H,15,16)(H,17,18). The normalized spacial score (nSPS) is 15.9. The van der Waals surface area contributed by atoms with Crippen molar-refractivity contribution < 1.29 is 19.4 Å². The zero-order chi connectivity index (χ0) is 14.0. The van der Waals surface area contributed by atoms with Crippen LogP contribution in [0.3, 0.4) is 0 Å². The Morgan fingerprint density at radius 3 is 2.63 bits per heavy atom. The molecule has 19 heavy (non-hydrogen) atoms. The Labute approximate surface area is 110 Å². The molecule has 1 saturated carbocycles. The number of aromatic nitrogens is 1. The summed E-state index contributed by atoms with van der Waals surface area (Å²) in [7, 11) is 0. The van der Waals surface area contributed by atoms with Gasteiger partial charge in [0.1, 0.15) is 11.2 Å². The van der Waals surface area contributed by atoms with E-state index in [9.17, 15) is 9.59 Å². The van der Waals surface area contributed by atoms with E-state index in [2.05, 4.69) is 10.3 Å². The van der Waals surface area contributed by atoms with Gasteiger partial charge in [0.2, 0.25) is 5.88 Å². The van der Waals surface area contributed by atoms with Gasteiger partial charge in [-0.1, -0.05) is 6.07 Å². The highest BCUT2D eigenvalue weighted by atomic mass is 16.5. The van der Waals surface area contributed by atoms with E-state index in [1.165, 1.54) is 6.07 Å². The number of carbonyl (C=O) groups excluding carboxylic acids is 1. The average Bonchev–Trinajstić information content (AvgIpc) is 3.09. The number of carbonyl (C=O) groups is 2. The Kier molecular flexibility index (Phi) is 3.42. The van der Waals surface area contributed by atoms with Crippen LogP contribution in [0.25, 0.3) is 0 Å². The number of hydrogen-bond acceptors (Lipinski definition) is 4. The Bertz CT molecular complexity index is 509. The number of ether oxygens (including phenoxy) is 1. The Hall–Kier alpha value is -2.11. The van der Waals surface area contributed by atoms with Crippen molar-refractivity contribution in [3.63, 3.8) is 0 Å². The van der Waals surface area contributed by atoms with E-state index in [1.54, 1.807) is 12.1 Å². The molecule has 0 bridgehead atoms. The Morgan fingerprint density at radius 1 is 1.42 bits per heavy atom. The summed E-state index contributed by atoms with van der Waals surface area (Å²) in [5.41, 5.74) is -0.945. The van der Waals surface area contributed by atoms with Crippen LogP contribution >= 0.6 is 0 Å². The van der Waals surface area contributed by atoms with Gasteiger partial charge in [-0.2, -0.15) is 0 Å². The number of nitrogens with zero attached hydrogens (tertiary/aromatic N) is 1. The Balaban J connectivity index is 2.09. The van der Waals surface area contributed by atoms with Crippen LogP contribution in [-0.4, -0.2) is 33.6 Å². The van der Waals surface area contributed by atoms with Gasteiger partial charge in [-0.3, -0.25) is 4.79 Å². The molecule has 0 radical (unpaired) electrons. The summed E-state index contributed by atoms with van der Waals surface area (Å²) in [5, 5.41) is 11.5. The highest BCUT2D eigenvalue weighted by Crippen LogP contribution is 2.35. The lowest BCUT2D eigenvalue weighted by molar-refractivity contribution is -0.140. The van der Waals surface area contributed by atoms with Gasteiger partial charge in [0, 0.05) is 6.07 Å². The molecule has 1 aliphatic rings. The van der Waals surface area contributed by atoms with E-state index in [1.807, 2.05) is 13.8 Å². The fourth-order valence-electron chi connectivity index (χ4n) is 1.65. The molecule has 1 fully saturated rings. The summed E-state index contributed by atoms with van der Waals surface area (Å²) in [6, 6.07) is 4.83. The largest absolute Gasteiger partial charge is 0.480 e. The third-order valence-electron chi connectivity index (χ3n) is 2.82. The second kappa shape index (κ2) is 4.87. The molecular formula is C13H16N2O4. The lowest BCUT2D eigenvalue weighted by Gasteiger charge is -2.13. The van der Waals surface area contributed by atoms with Gasteiger partial charge in [0.15, 0.2) is 0 Å². The van der Waals surface area contributed by atoms with E-state index in [-0.39, 0.29) is 11.8 Å². The third kappa shape index (κ3) is 3.01. The van der Waals surface area contributed by atoms with Crippen molar-refractivity contribution in [1.29, 1.82) is 0 Å². The minimum atomic E-state index is -1.10. The number of carboxylic acids is 1. The quantitative estimate of drug-likeness (QED) is 0.834. The van der Waals surface area contributed by atoms with Crippen LogP contribution in [0.5, 0.6) is 5.88 Å². The van der Waals surface area contributed by atoms with Crippen LogP contribution < -0.4 is 10.1 Å². The monoisotopic (exact) mass is 264 g/mol. The molecule has 2 rings (SSSR count). The molecule has 1 heterocycles. The van der Waals surface area contributed by atoms with Crippen LogP contribution in [-0.2, 0) is 4.79 Å². The summed E-state index contributed by atoms with van der Waals surface area (Å²) in [6.07, 6.45) is 0.867. The van der Waals surface area contributed by atoms with Crippen LogP contribution in [0.15, 0.2) is 18.2 Å². The fourth-order valence-corrected chi connectivity index (χ4v) is 1.65. The molecule has 0 saturated heterocycles. The molecule has 102 valence electrons. The summed E-state index contributed by atoms with van der Waals surface area (Å²) in [5.74, 6) is -1.15. The zero-order valence-corrected chi connectivity index (χ0v) is 10.8. The highest BCUT2D eigenvalue weighted by molar-refractivity contribution is 5.97. The third-order valence-corrected chi connectivity index (χ3v) is 2.82. The van der Waals surface area contributed by atoms with Crippen LogP contribution in [0.4, 0.5) is 0 Å². The smallest absolute Gasteiger partial charge is 0.329 e. The first kappa shape index (κ1) is 13.3. The van der Waals surface area contributed by atoms with Crippen molar-refractivity contribution in [3.05, 3.63) is 23.9 Å². The minimum Gasteiger partial charge on any atom is -0.480 e. The average molecular weight is 264 g/mol. The lowest BCUT2D eigenvalue weighted by atomic mass is 10.2. The SMILES string of the molecule is CC(C)Oc1cccc(C(=O)NC2(C(=O)O)CC2)n1. The molecule has 0 aliphatic heterocycles. The first-order chi connectivity index (χ1) is 8.93. The van der Waals surface area contributed by atoms with Gasteiger partial charge in [0.05, 0.1) is 6.10 Å². The predicted octanol–water partition coefficient (Wildman–Crippen LogP) is 1.22. The van der Waals surface area contributed by atoms with Gasteiger partial charge in [-0.15, -0.1) is 0 Å². The lowest BCUT2D eigenvalue weighted by Crippen LogP contribution is -2.43. The molecule has 1 aromatic heterocycles. The number of amides is 1. The molecule has 0 aromatic carbocycles. The van der Waals surface area contributed by atoms with Gasteiger partial charge < -0.3 is 15.2 Å². The van der Waals surface area contributed by atoms with Crippen LogP contribution in [0.1, 0.15) is 37.2 Å². The number of carboxylic acid groups (broad SMARTS) is 1. The molecular weight excluding hydrogens is 248 g/mol. The first-order valence-electron chi connectivity index (χ1n) is 6.12. The van der Waals surface area contributed by atoms with E-state index in [0.29, 0.717) is 18.7 Å². The van der Waals surface area contributed by atoms with E-state index < -0.39 is 17.4 Å². The number of hydrogen-bond donors (Lipinski definition) is 2. The molecule has 0 atom stereocenters. The Morgan fingerprint density at radius 2 is 2.11 bits per heavy atom. The first-order valence-corrected chi connectivity index (χ1v) is 6.12.